The quantitative estimate of drug-likeness (QED) is 0.864. The number of hydrogen-bond donors (Lipinski definition) is 1. The van der Waals surface area contributed by atoms with E-state index in [9.17, 15) is 0 Å². The number of nitrogens with zero attached hydrogens (tertiary/aromatic N) is 2. The molecule has 1 aromatic heterocycles. The molecule has 1 fully saturated rings. The van der Waals surface area contributed by atoms with Crippen molar-refractivity contribution in [3.05, 3.63) is 30.1 Å². The van der Waals surface area contributed by atoms with Gasteiger partial charge in [-0.3, -0.25) is 9.88 Å². The third kappa shape index (κ3) is 3.58. The van der Waals surface area contributed by atoms with E-state index >= 15 is 0 Å². The van der Waals surface area contributed by atoms with E-state index in [1.807, 2.05) is 12.4 Å². The Hall–Kier alpha value is -0.930. The van der Waals surface area contributed by atoms with E-state index < -0.39 is 0 Å². The predicted molar refractivity (Wildman–Crippen MR) is 84.5 cm³/mol. The number of aromatic nitrogens is 1. The van der Waals surface area contributed by atoms with Gasteiger partial charge in [-0.25, -0.2) is 0 Å². The lowest BCUT2D eigenvalue weighted by Crippen LogP contribution is -2.46. The standard InChI is InChI=1S/C17H29N3/c1-3-16(18)17(14-10-12-19-13-11-14)20(4-2)15-8-6-5-7-9-15/h10-13,15-17H,3-9,18H2,1-2H3. The van der Waals surface area contributed by atoms with Gasteiger partial charge in [0.25, 0.3) is 0 Å². The molecule has 20 heavy (non-hydrogen) atoms. The van der Waals surface area contributed by atoms with Crippen molar-refractivity contribution in [1.82, 2.24) is 9.88 Å². The molecule has 3 nitrogen and oxygen atoms in total. The second kappa shape index (κ2) is 7.75. The van der Waals surface area contributed by atoms with Crippen LogP contribution >= 0.6 is 0 Å². The molecule has 0 saturated heterocycles. The minimum absolute atomic E-state index is 0.194. The van der Waals surface area contributed by atoms with E-state index in [2.05, 4.69) is 35.9 Å². The molecule has 3 heteroatoms. The Bertz CT molecular complexity index is 373. The van der Waals surface area contributed by atoms with E-state index in [4.69, 9.17) is 5.73 Å². The van der Waals surface area contributed by atoms with E-state index in [0.717, 1.165) is 13.0 Å². The Morgan fingerprint density at radius 1 is 1.20 bits per heavy atom. The lowest BCUT2D eigenvalue weighted by atomic mass is 9.89. The summed E-state index contributed by atoms with van der Waals surface area (Å²) >= 11 is 0. The van der Waals surface area contributed by atoms with Crippen molar-refractivity contribution in [2.45, 2.75) is 70.5 Å². The van der Waals surface area contributed by atoms with E-state index in [1.165, 1.54) is 37.7 Å². The number of likely N-dealkylation sites (N-methyl/N-ethyl adjacent to an activating group) is 1. The Kier molecular flexibility index (Phi) is 5.99. The van der Waals surface area contributed by atoms with E-state index in [0.29, 0.717) is 12.1 Å². The molecule has 1 aliphatic carbocycles. The smallest absolute Gasteiger partial charge is 0.0502 e. The fraction of sp³-hybridized carbons (Fsp3) is 0.706. The first-order valence-corrected chi connectivity index (χ1v) is 8.19. The molecular weight excluding hydrogens is 246 g/mol. The molecule has 0 radical (unpaired) electrons. The monoisotopic (exact) mass is 275 g/mol. The predicted octanol–water partition coefficient (Wildman–Crippen LogP) is 3.51. The van der Waals surface area contributed by atoms with Crippen LogP contribution in [0.3, 0.4) is 0 Å². The molecule has 1 aromatic rings. The maximum Gasteiger partial charge on any atom is 0.0502 e. The summed E-state index contributed by atoms with van der Waals surface area (Å²) in [6, 6.07) is 5.48. The molecule has 2 rings (SSSR count). The molecule has 112 valence electrons. The zero-order valence-corrected chi connectivity index (χ0v) is 13.0. The summed E-state index contributed by atoms with van der Waals surface area (Å²) in [6.07, 6.45) is 11.6. The van der Waals surface area contributed by atoms with Crippen molar-refractivity contribution in [2.24, 2.45) is 5.73 Å². The van der Waals surface area contributed by atoms with Gasteiger partial charge in [-0.2, -0.15) is 0 Å². The number of nitrogens with two attached hydrogens (primary N) is 1. The minimum atomic E-state index is 0.194. The highest BCUT2D eigenvalue weighted by Crippen LogP contribution is 2.32. The lowest BCUT2D eigenvalue weighted by Gasteiger charge is -2.42. The third-order valence-electron chi connectivity index (χ3n) is 4.69. The van der Waals surface area contributed by atoms with Gasteiger partial charge in [0, 0.05) is 24.5 Å². The Labute approximate surface area is 123 Å². The Morgan fingerprint density at radius 3 is 2.40 bits per heavy atom. The van der Waals surface area contributed by atoms with Gasteiger partial charge >= 0.3 is 0 Å². The van der Waals surface area contributed by atoms with Gasteiger partial charge in [0.2, 0.25) is 0 Å². The summed E-state index contributed by atoms with van der Waals surface area (Å²) < 4.78 is 0. The van der Waals surface area contributed by atoms with Crippen LogP contribution in [0, 0.1) is 0 Å². The minimum Gasteiger partial charge on any atom is -0.326 e. The molecule has 2 N–H and O–H groups in total. The first kappa shape index (κ1) is 15.5. The Balaban J connectivity index is 2.23. The maximum absolute atomic E-state index is 6.47. The van der Waals surface area contributed by atoms with Gasteiger partial charge in [0.15, 0.2) is 0 Å². The van der Waals surface area contributed by atoms with Crippen LogP contribution in [-0.4, -0.2) is 28.5 Å². The van der Waals surface area contributed by atoms with Crippen molar-refractivity contribution in [2.75, 3.05) is 6.54 Å². The molecule has 1 heterocycles. The molecule has 2 atom stereocenters. The second-order valence-corrected chi connectivity index (χ2v) is 5.92. The largest absolute Gasteiger partial charge is 0.326 e. The van der Waals surface area contributed by atoms with E-state index in [-0.39, 0.29) is 6.04 Å². The van der Waals surface area contributed by atoms with Crippen molar-refractivity contribution >= 4 is 0 Å². The molecule has 1 saturated carbocycles. The highest BCUT2D eigenvalue weighted by molar-refractivity contribution is 5.18. The van der Waals surface area contributed by atoms with Crippen LogP contribution in [0.25, 0.3) is 0 Å². The highest BCUT2D eigenvalue weighted by Gasteiger charge is 2.30. The average molecular weight is 275 g/mol. The van der Waals surface area contributed by atoms with Crippen LogP contribution in [0.5, 0.6) is 0 Å². The summed E-state index contributed by atoms with van der Waals surface area (Å²) in [4.78, 5) is 6.79. The molecular formula is C17H29N3. The summed E-state index contributed by atoms with van der Waals surface area (Å²) in [5.74, 6) is 0. The Morgan fingerprint density at radius 2 is 1.85 bits per heavy atom. The van der Waals surface area contributed by atoms with Gasteiger partial charge < -0.3 is 5.73 Å². The van der Waals surface area contributed by atoms with Crippen molar-refractivity contribution in [3.8, 4) is 0 Å². The van der Waals surface area contributed by atoms with Gasteiger partial charge in [-0.1, -0.05) is 33.1 Å². The summed E-state index contributed by atoms with van der Waals surface area (Å²) in [5, 5.41) is 0. The zero-order valence-electron chi connectivity index (χ0n) is 13.0. The third-order valence-corrected chi connectivity index (χ3v) is 4.69. The summed E-state index contributed by atoms with van der Waals surface area (Å²) in [5.41, 5.74) is 7.79. The average Bonchev–Trinajstić information content (AvgIpc) is 2.53. The fourth-order valence-electron chi connectivity index (χ4n) is 3.56. The van der Waals surface area contributed by atoms with Gasteiger partial charge in [-0.05, 0) is 43.5 Å². The van der Waals surface area contributed by atoms with Crippen LogP contribution < -0.4 is 5.73 Å². The van der Waals surface area contributed by atoms with Gasteiger partial charge in [0.05, 0.1) is 6.04 Å². The normalized spacial score (nSPS) is 20.0. The molecule has 0 aromatic carbocycles. The first-order chi connectivity index (χ1) is 9.77. The topological polar surface area (TPSA) is 42.1 Å². The first-order valence-electron chi connectivity index (χ1n) is 8.19. The van der Waals surface area contributed by atoms with Gasteiger partial charge in [-0.15, -0.1) is 0 Å². The maximum atomic E-state index is 6.47. The molecule has 0 amide bonds. The summed E-state index contributed by atoms with van der Waals surface area (Å²) in [6.45, 7) is 5.53. The lowest BCUT2D eigenvalue weighted by molar-refractivity contribution is 0.0931. The van der Waals surface area contributed by atoms with Gasteiger partial charge in [0.1, 0.15) is 0 Å². The van der Waals surface area contributed by atoms with Crippen molar-refractivity contribution < 1.29 is 0 Å². The van der Waals surface area contributed by atoms with Crippen LogP contribution in [0.15, 0.2) is 24.5 Å². The highest BCUT2D eigenvalue weighted by atomic mass is 15.2. The molecule has 2 unspecified atom stereocenters. The fourth-order valence-corrected chi connectivity index (χ4v) is 3.56. The molecule has 0 spiro atoms. The summed E-state index contributed by atoms with van der Waals surface area (Å²) in [7, 11) is 0. The zero-order chi connectivity index (χ0) is 14.4. The number of pyridine rings is 1. The van der Waals surface area contributed by atoms with Crippen LogP contribution in [0.1, 0.15) is 64.0 Å². The molecule has 1 aliphatic rings. The van der Waals surface area contributed by atoms with Crippen LogP contribution in [0.2, 0.25) is 0 Å². The van der Waals surface area contributed by atoms with E-state index in [1.54, 1.807) is 0 Å². The van der Waals surface area contributed by atoms with Crippen molar-refractivity contribution in [1.29, 1.82) is 0 Å². The molecule has 0 aliphatic heterocycles. The SMILES string of the molecule is CCC(N)C(c1ccncc1)N(CC)C1CCCCC1. The number of rotatable bonds is 6. The molecule has 0 bridgehead atoms. The number of hydrogen-bond acceptors (Lipinski definition) is 3. The van der Waals surface area contributed by atoms with Crippen LogP contribution in [-0.2, 0) is 0 Å². The second-order valence-electron chi connectivity index (χ2n) is 5.92. The van der Waals surface area contributed by atoms with Crippen LogP contribution in [0.4, 0.5) is 0 Å². The van der Waals surface area contributed by atoms with Crippen molar-refractivity contribution in [3.63, 3.8) is 0 Å².